The SMILES string of the molecule is Cc1ccc(F)cc1CN(C)Cc1cccc(C(N)=S)c1. The first-order chi connectivity index (χ1) is 9.95. The van der Waals surface area contributed by atoms with Gasteiger partial charge in [-0.1, -0.05) is 36.5 Å². The molecule has 2 aromatic rings. The van der Waals surface area contributed by atoms with Crippen molar-refractivity contribution >= 4 is 17.2 Å². The van der Waals surface area contributed by atoms with E-state index < -0.39 is 0 Å². The maximum Gasteiger partial charge on any atom is 0.123 e. The summed E-state index contributed by atoms with van der Waals surface area (Å²) in [6, 6.07) is 12.8. The molecule has 0 saturated carbocycles. The molecule has 0 heterocycles. The Balaban J connectivity index is 2.08. The number of nitrogens with zero attached hydrogens (tertiary/aromatic N) is 1. The van der Waals surface area contributed by atoms with Crippen molar-refractivity contribution in [3.63, 3.8) is 0 Å². The summed E-state index contributed by atoms with van der Waals surface area (Å²) in [6.07, 6.45) is 0. The Morgan fingerprint density at radius 3 is 2.67 bits per heavy atom. The molecule has 0 aromatic heterocycles. The van der Waals surface area contributed by atoms with Gasteiger partial charge in [-0.2, -0.15) is 0 Å². The van der Waals surface area contributed by atoms with Gasteiger partial charge in [-0.15, -0.1) is 0 Å². The molecule has 110 valence electrons. The van der Waals surface area contributed by atoms with Crippen molar-refractivity contribution in [1.29, 1.82) is 0 Å². The molecule has 0 aliphatic rings. The molecule has 0 radical (unpaired) electrons. The van der Waals surface area contributed by atoms with E-state index in [0.29, 0.717) is 11.5 Å². The summed E-state index contributed by atoms with van der Waals surface area (Å²) in [6.45, 7) is 3.45. The van der Waals surface area contributed by atoms with E-state index >= 15 is 0 Å². The second-order valence-electron chi connectivity index (χ2n) is 5.31. The van der Waals surface area contributed by atoms with Crippen molar-refractivity contribution in [2.24, 2.45) is 5.73 Å². The summed E-state index contributed by atoms with van der Waals surface area (Å²) in [5, 5.41) is 0. The molecule has 0 aliphatic heterocycles. The van der Waals surface area contributed by atoms with Gasteiger partial charge in [-0.3, -0.25) is 4.90 Å². The van der Waals surface area contributed by atoms with Crippen LogP contribution in [-0.2, 0) is 13.1 Å². The van der Waals surface area contributed by atoms with Crippen LogP contribution in [0.15, 0.2) is 42.5 Å². The lowest BCUT2D eigenvalue weighted by molar-refractivity contribution is 0.318. The van der Waals surface area contributed by atoms with E-state index in [0.717, 1.165) is 28.8 Å². The van der Waals surface area contributed by atoms with E-state index in [1.54, 1.807) is 6.07 Å². The molecule has 0 fully saturated rings. The van der Waals surface area contributed by atoms with Crippen LogP contribution in [0.3, 0.4) is 0 Å². The van der Waals surface area contributed by atoms with E-state index in [1.807, 2.05) is 44.3 Å². The summed E-state index contributed by atoms with van der Waals surface area (Å²) in [5.74, 6) is -0.195. The fourth-order valence-corrected chi connectivity index (χ4v) is 2.42. The quantitative estimate of drug-likeness (QED) is 0.858. The van der Waals surface area contributed by atoms with Crippen molar-refractivity contribution in [3.05, 3.63) is 70.5 Å². The van der Waals surface area contributed by atoms with Gasteiger partial charge in [0.1, 0.15) is 10.8 Å². The molecule has 0 bridgehead atoms. The van der Waals surface area contributed by atoms with Crippen LogP contribution in [0, 0.1) is 12.7 Å². The molecule has 2 nitrogen and oxygen atoms in total. The van der Waals surface area contributed by atoms with Gasteiger partial charge in [0.15, 0.2) is 0 Å². The van der Waals surface area contributed by atoms with Crippen molar-refractivity contribution in [1.82, 2.24) is 4.90 Å². The van der Waals surface area contributed by atoms with Crippen LogP contribution in [0.2, 0.25) is 0 Å². The van der Waals surface area contributed by atoms with Gasteiger partial charge in [0, 0.05) is 18.7 Å². The van der Waals surface area contributed by atoms with Crippen molar-refractivity contribution in [3.8, 4) is 0 Å². The Morgan fingerprint density at radius 2 is 1.95 bits per heavy atom. The summed E-state index contributed by atoms with van der Waals surface area (Å²) in [5.41, 5.74) is 9.76. The first-order valence-corrected chi connectivity index (χ1v) is 7.19. The zero-order valence-electron chi connectivity index (χ0n) is 12.3. The molecule has 0 atom stereocenters. The van der Waals surface area contributed by atoms with Gasteiger partial charge in [-0.25, -0.2) is 4.39 Å². The molecule has 4 heteroatoms. The minimum Gasteiger partial charge on any atom is -0.389 e. The van der Waals surface area contributed by atoms with Crippen LogP contribution >= 0.6 is 12.2 Å². The number of nitrogens with two attached hydrogens (primary N) is 1. The second kappa shape index (κ2) is 6.78. The third-order valence-corrected chi connectivity index (χ3v) is 3.65. The predicted molar refractivity (Wildman–Crippen MR) is 88.6 cm³/mol. The molecule has 2 N–H and O–H groups in total. The molecule has 21 heavy (non-hydrogen) atoms. The summed E-state index contributed by atoms with van der Waals surface area (Å²) < 4.78 is 13.3. The van der Waals surface area contributed by atoms with Gasteiger partial charge in [0.05, 0.1) is 0 Å². The van der Waals surface area contributed by atoms with Gasteiger partial charge < -0.3 is 5.73 Å². The third kappa shape index (κ3) is 4.34. The smallest absolute Gasteiger partial charge is 0.123 e. The topological polar surface area (TPSA) is 29.3 Å². The first kappa shape index (κ1) is 15.6. The average Bonchev–Trinajstić information content (AvgIpc) is 2.43. The lowest BCUT2D eigenvalue weighted by Gasteiger charge is -2.18. The zero-order valence-corrected chi connectivity index (χ0v) is 13.1. The molecule has 0 saturated heterocycles. The number of hydrogen-bond donors (Lipinski definition) is 1. The fraction of sp³-hybridized carbons (Fsp3) is 0.235. The highest BCUT2D eigenvalue weighted by atomic mass is 32.1. The summed E-state index contributed by atoms with van der Waals surface area (Å²) >= 11 is 4.99. The first-order valence-electron chi connectivity index (χ1n) is 6.78. The fourth-order valence-electron chi connectivity index (χ4n) is 2.29. The second-order valence-corrected chi connectivity index (χ2v) is 5.75. The Labute approximate surface area is 130 Å². The monoisotopic (exact) mass is 302 g/mol. The molecule has 2 aromatic carbocycles. The summed E-state index contributed by atoms with van der Waals surface area (Å²) in [7, 11) is 2.01. The standard InChI is InChI=1S/C17H19FN2S/c1-12-6-7-16(18)9-15(12)11-20(2)10-13-4-3-5-14(8-13)17(19)21/h3-9H,10-11H2,1-2H3,(H2,19,21). The van der Waals surface area contributed by atoms with Crippen molar-refractivity contribution < 1.29 is 4.39 Å². The highest BCUT2D eigenvalue weighted by Gasteiger charge is 2.06. The molecule has 0 aliphatic carbocycles. The Bertz CT molecular complexity index is 655. The number of aryl methyl sites for hydroxylation is 1. The van der Waals surface area contributed by atoms with Crippen LogP contribution in [0.4, 0.5) is 4.39 Å². The minimum absolute atomic E-state index is 0.195. The molecular formula is C17H19FN2S. The highest BCUT2D eigenvalue weighted by molar-refractivity contribution is 7.80. The van der Waals surface area contributed by atoms with Crippen LogP contribution in [0.5, 0.6) is 0 Å². The number of benzene rings is 2. The van der Waals surface area contributed by atoms with Gasteiger partial charge in [0.25, 0.3) is 0 Å². The van der Waals surface area contributed by atoms with Crippen molar-refractivity contribution in [2.45, 2.75) is 20.0 Å². The molecule has 0 unspecified atom stereocenters. The van der Waals surface area contributed by atoms with Crippen LogP contribution in [0.1, 0.15) is 22.3 Å². The number of thiocarbonyl (C=S) groups is 1. The average molecular weight is 302 g/mol. The minimum atomic E-state index is -0.195. The van der Waals surface area contributed by atoms with Gasteiger partial charge in [0.2, 0.25) is 0 Å². The molecule has 0 amide bonds. The lowest BCUT2D eigenvalue weighted by Crippen LogP contribution is -2.18. The Kier molecular flexibility index (Phi) is 5.04. The summed E-state index contributed by atoms with van der Waals surface area (Å²) in [4.78, 5) is 2.54. The molecule has 2 rings (SSSR count). The van der Waals surface area contributed by atoms with E-state index in [2.05, 4.69) is 4.90 Å². The van der Waals surface area contributed by atoms with E-state index in [-0.39, 0.29) is 5.82 Å². The maximum absolute atomic E-state index is 13.3. The van der Waals surface area contributed by atoms with E-state index in [4.69, 9.17) is 18.0 Å². The van der Waals surface area contributed by atoms with Crippen LogP contribution < -0.4 is 5.73 Å². The zero-order chi connectivity index (χ0) is 15.4. The Morgan fingerprint density at radius 1 is 1.19 bits per heavy atom. The lowest BCUT2D eigenvalue weighted by atomic mass is 10.1. The molecule has 0 spiro atoms. The van der Waals surface area contributed by atoms with Gasteiger partial charge >= 0.3 is 0 Å². The van der Waals surface area contributed by atoms with E-state index in [1.165, 1.54) is 6.07 Å². The van der Waals surface area contributed by atoms with Crippen LogP contribution in [-0.4, -0.2) is 16.9 Å². The Hall–Kier alpha value is -1.78. The molecular weight excluding hydrogens is 283 g/mol. The van der Waals surface area contributed by atoms with Gasteiger partial charge in [-0.05, 0) is 48.9 Å². The highest BCUT2D eigenvalue weighted by Crippen LogP contribution is 2.14. The van der Waals surface area contributed by atoms with Crippen molar-refractivity contribution in [2.75, 3.05) is 7.05 Å². The largest absolute Gasteiger partial charge is 0.389 e. The normalized spacial score (nSPS) is 10.9. The number of halogens is 1. The number of rotatable bonds is 5. The van der Waals surface area contributed by atoms with E-state index in [9.17, 15) is 4.39 Å². The third-order valence-electron chi connectivity index (χ3n) is 3.42. The van der Waals surface area contributed by atoms with Crippen LogP contribution in [0.25, 0.3) is 0 Å². The number of hydrogen-bond acceptors (Lipinski definition) is 2. The maximum atomic E-state index is 13.3. The predicted octanol–water partition coefficient (Wildman–Crippen LogP) is 3.40.